The second-order valence-electron chi connectivity index (χ2n) is 12.2. The summed E-state index contributed by atoms with van der Waals surface area (Å²) in [5.41, 5.74) is 1.80. The minimum absolute atomic E-state index is 0.0461. The van der Waals surface area contributed by atoms with E-state index >= 15 is 0 Å². The van der Waals surface area contributed by atoms with Crippen LogP contribution >= 0.6 is 0 Å². The minimum atomic E-state index is -1.01. The number of ether oxygens (including phenoxy) is 3. The minimum Gasteiger partial charge on any atom is -0.460 e. The number of methoxy groups -OCH3 is 1. The maximum Gasteiger partial charge on any atom is 0.409 e. The molecule has 0 saturated carbocycles. The number of benzene rings is 1. The Hall–Kier alpha value is -4.19. The Balaban J connectivity index is 1.56. The number of nitrogens with zero attached hydrogens (tertiary/aromatic N) is 4. The van der Waals surface area contributed by atoms with Crippen molar-refractivity contribution < 1.29 is 33.4 Å². The van der Waals surface area contributed by atoms with Gasteiger partial charge in [0.2, 0.25) is 5.91 Å². The molecule has 0 spiro atoms. The van der Waals surface area contributed by atoms with Crippen molar-refractivity contribution in [2.75, 3.05) is 57.9 Å². The largest absolute Gasteiger partial charge is 0.460 e. The van der Waals surface area contributed by atoms with E-state index in [1.807, 2.05) is 36.4 Å². The van der Waals surface area contributed by atoms with E-state index in [1.165, 1.54) is 0 Å². The second kappa shape index (κ2) is 15.2. The lowest BCUT2D eigenvalue weighted by Crippen LogP contribution is -2.56. The molecule has 0 aliphatic carbocycles. The predicted octanol–water partition coefficient (Wildman–Crippen LogP) is 3.49. The maximum absolute atomic E-state index is 13.8. The highest BCUT2D eigenvalue weighted by molar-refractivity contribution is 5.97. The van der Waals surface area contributed by atoms with Gasteiger partial charge in [0, 0.05) is 64.0 Å². The van der Waals surface area contributed by atoms with Crippen molar-refractivity contribution in [3.63, 3.8) is 0 Å². The quantitative estimate of drug-likeness (QED) is 0.395. The van der Waals surface area contributed by atoms with Gasteiger partial charge in [-0.3, -0.25) is 14.4 Å². The van der Waals surface area contributed by atoms with Gasteiger partial charge in [0.25, 0.3) is 5.91 Å². The normalized spacial score (nSPS) is 17.5. The van der Waals surface area contributed by atoms with Crippen LogP contribution in [0.4, 0.5) is 10.5 Å². The average Bonchev–Trinajstić information content (AvgIpc) is 3.52. The van der Waals surface area contributed by atoms with E-state index in [-0.39, 0.29) is 50.2 Å². The van der Waals surface area contributed by atoms with E-state index in [0.29, 0.717) is 25.3 Å². The molecule has 2 aliphatic rings. The Bertz CT molecular complexity index is 1340. The van der Waals surface area contributed by atoms with Crippen LogP contribution in [0.5, 0.6) is 0 Å². The highest BCUT2D eigenvalue weighted by Crippen LogP contribution is 2.28. The Morgan fingerprint density at radius 1 is 1.00 bits per heavy atom. The third kappa shape index (κ3) is 9.40. The summed E-state index contributed by atoms with van der Waals surface area (Å²) in [6.07, 6.45) is 0.520. The molecule has 2 fully saturated rings. The number of piperazine rings is 1. The van der Waals surface area contributed by atoms with Crippen molar-refractivity contribution in [2.24, 2.45) is 0 Å². The van der Waals surface area contributed by atoms with Gasteiger partial charge in [-0.25, -0.2) is 9.78 Å². The lowest BCUT2D eigenvalue weighted by molar-refractivity contribution is -0.155. The molecule has 45 heavy (non-hydrogen) atoms. The second-order valence-corrected chi connectivity index (χ2v) is 12.2. The smallest absolute Gasteiger partial charge is 0.409 e. The van der Waals surface area contributed by atoms with Gasteiger partial charge in [-0.2, -0.15) is 0 Å². The zero-order valence-corrected chi connectivity index (χ0v) is 26.9. The van der Waals surface area contributed by atoms with E-state index in [2.05, 4.69) is 15.2 Å². The lowest BCUT2D eigenvalue weighted by atomic mass is 10.1. The van der Waals surface area contributed by atoms with Crippen molar-refractivity contribution in [1.82, 2.24) is 20.1 Å². The molecule has 2 unspecified atom stereocenters. The molecule has 2 aromatic rings. The lowest BCUT2D eigenvalue weighted by Gasteiger charge is -2.36. The number of aromatic nitrogens is 1. The van der Waals surface area contributed by atoms with Crippen molar-refractivity contribution in [3.8, 4) is 11.3 Å². The number of esters is 1. The number of nitrogens with one attached hydrogen (secondary N) is 1. The maximum atomic E-state index is 13.8. The molecule has 12 nitrogen and oxygen atoms in total. The summed E-state index contributed by atoms with van der Waals surface area (Å²) in [4.78, 5) is 62.4. The fourth-order valence-electron chi connectivity index (χ4n) is 5.42. The fraction of sp³-hybridized carbons (Fsp3) is 0.545. The molecule has 0 bridgehead atoms. The molecule has 244 valence electrons. The van der Waals surface area contributed by atoms with Gasteiger partial charge in [0.05, 0.1) is 18.4 Å². The number of rotatable bonds is 10. The van der Waals surface area contributed by atoms with Crippen molar-refractivity contribution in [1.29, 1.82) is 0 Å². The fourth-order valence-corrected chi connectivity index (χ4v) is 5.42. The standard InChI is InChI=1S/C33H45N5O7/c1-6-44-32(42)37-18-16-36(17-19-37)31(41)26(12-13-29(39)45-33(2,3)4)35-30(40)28-21-24(38-15-14-25(22-38)43-5)20-27(34-28)23-10-8-7-9-11-23/h7-11,20-21,25-26H,6,12-19,22H2,1-5H3,(H,35,40). The van der Waals surface area contributed by atoms with E-state index in [4.69, 9.17) is 14.2 Å². The first kappa shape index (κ1) is 33.7. The van der Waals surface area contributed by atoms with Gasteiger partial charge in [0.1, 0.15) is 17.3 Å². The number of anilines is 1. The van der Waals surface area contributed by atoms with Crippen LogP contribution in [0.25, 0.3) is 11.3 Å². The van der Waals surface area contributed by atoms with Gasteiger partial charge >= 0.3 is 12.1 Å². The highest BCUT2D eigenvalue weighted by atomic mass is 16.6. The Morgan fingerprint density at radius 3 is 2.31 bits per heavy atom. The van der Waals surface area contributed by atoms with Crippen LogP contribution in [0.1, 0.15) is 57.4 Å². The summed E-state index contributed by atoms with van der Waals surface area (Å²) in [6.45, 7) is 9.95. The van der Waals surface area contributed by atoms with Crippen molar-refractivity contribution in [2.45, 2.75) is 64.7 Å². The third-order valence-corrected chi connectivity index (χ3v) is 7.73. The van der Waals surface area contributed by atoms with Crippen LogP contribution < -0.4 is 10.2 Å². The molecule has 3 amide bonds. The Morgan fingerprint density at radius 2 is 1.69 bits per heavy atom. The first-order valence-corrected chi connectivity index (χ1v) is 15.6. The molecule has 0 radical (unpaired) electrons. The highest BCUT2D eigenvalue weighted by Gasteiger charge is 2.32. The number of hydrogen-bond donors (Lipinski definition) is 1. The first-order valence-electron chi connectivity index (χ1n) is 15.6. The molecule has 2 atom stereocenters. The monoisotopic (exact) mass is 623 g/mol. The summed E-state index contributed by atoms with van der Waals surface area (Å²) >= 11 is 0. The van der Waals surface area contributed by atoms with Crippen LogP contribution in [-0.4, -0.2) is 109 Å². The summed E-state index contributed by atoms with van der Waals surface area (Å²) in [7, 11) is 1.69. The SMILES string of the molecule is CCOC(=O)N1CCN(C(=O)C(CCC(=O)OC(C)(C)C)NC(=O)c2cc(N3CCC(OC)C3)cc(-c3ccccc3)n2)CC1. The molecule has 1 aromatic heterocycles. The van der Waals surface area contributed by atoms with E-state index < -0.39 is 29.6 Å². The van der Waals surface area contributed by atoms with Gasteiger partial charge in [0.15, 0.2) is 0 Å². The van der Waals surface area contributed by atoms with Crippen LogP contribution in [0.2, 0.25) is 0 Å². The average molecular weight is 624 g/mol. The summed E-state index contributed by atoms with van der Waals surface area (Å²) in [5.74, 6) is -1.32. The molecule has 2 saturated heterocycles. The molecule has 4 rings (SSSR count). The third-order valence-electron chi connectivity index (χ3n) is 7.73. The molecular formula is C33H45N5O7. The zero-order chi connectivity index (χ0) is 32.6. The topological polar surface area (TPSA) is 131 Å². The number of carbonyl (C=O) groups is 4. The van der Waals surface area contributed by atoms with Crippen LogP contribution in [0.15, 0.2) is 42.5 Å². The zero-order valence-electron chi connectivity index (χ0n) is 26.9. The number of hydrogen-bond acceptors (Lipinski definition) is 9. The van der Waals surface area contributed by atoms with E-state index in [9.17, 15) is 19.2 Å². The van der Waals surface area contributed by atoms with Gasteiger partial charge in [-0.05, 0) is 52.7 Å². The van der Waals surface area contributed by atoms with Gasteiger partial charge < -0.3 is 34.2 Å². The summed E-state index contributed by atoms with van der Waals surface area (Å²) < 4.78 is 16.1. The molecule has 12 heteroatoms. The first-order chi connectivity index (χ1) is 21.5. The van der Waals surface area contributed by atoms with Crippen molar-refractivity contribution >= 4 is 29.6 Å². The summed E-state index contributed by atoms with van der Waals surface area (Å²) in [5, 5.41) is 2.87. The molecule has 1 aromatic carbocycles. The molecule has 1 N–H and O–H groups in total. The Kier molecular flexibility index (Phi) is 11.4. The predicted molar refractivity (Wildman–Crippen MR) is 169 cm³/mol. The molecular weight excluding hydrogens is 578 g/mol. The number of amides is 3. The van der Waals surface area contributed by atoms with E-state index in [1.54, 1.807) is 50.7 Å². The molecule has 2 aliphatic heterocycles. The van der Waals surface area contributed by atoms with Crippen molar-refractivity contribution in [3.05, 3.63) is 48.2 Å². The summed E-state index contributed by atoms with van der Waals surface area (Å²) in [6, 6.07) is 12.3. The van der Waals surface area contributed by atoms with Crippen LogP contribution in [0.3, 0.4) is 0 Å². The number of carbonyl (C=O) groups excluding carboxylic acids is 4. The van der Waals surface area contributed by atoms with Crippen LogP contribution in [0, 0.1) is 0 Å². The molecule has 3 heterocycles. The van der Waals surface area contributed by atoms with Gasteiger partial charge in [-0.15, -0.1) is 0 Å². The van der Waals surface area contributed by atoms with E-state index in [0.717, 1.165) is 24.2 Å². The Labute approximate surface area is 265 Å². The van der Waals surface area contributed by atoms with Gasteiger partial charge in [-0.1, -0.05) is 30.3 Å². The number of pyridine rings is 1. The van der Waals surface area contributed by atoms with Crippen LogP contribution in [-0.2, 0) is 23.8 Å².